The standard InChI is InChI=1S/C46H28BN3/c1-2-13-30(14-3-1)48-40-25-24-29-12-10-20-36-43(29)44(40)45-41(48)26-27-42-46(45)47(36)35-19-6-9-23-39(35)50(42)32-16-11-15-31(28-32)49-37-21-7-4-17-33(37)34-18-5-8-22-38(34)49/h1-28H. The van der Waals surface area contributed by atoms with Crippen LogP contribution in [-0.4, -0.2) is 15.8 Å². The summed E-state index contributed by atoms with van der Waals surface area (Å²) < 4.78 is 4.89. The molecule has 230 valence electrons. The van der Waals surface area contributed by atoms with Crippen molar-refractivity contribution >= 4 is 94.5 Å². The van der Waals surface area contributed by atoms with Crippen LogP contribution in [0.4, 0.5) is 17.1 Å². The maximum Gasteiger partial charge on any atom is 0.248 e. The van der Waals surface area contributed by atoms with Gasteiger partial charge in [0.2, 0.25) is 6.71 Å². The number of benzene rings is 8. The molecule has 2 aliphatic rings. The first-order valence-electron chi connectivity index (χ1n) is 17.4. The summed E-state index contributed by atoms with van der Waals surface area (Å²) in [5.41, 5.74) is 15.1. The molecule has 0 fully saturated rings. The van der Waals surface area contributed by atoms with Crippen molar-refractivity contribution in [3.8, 4) is 11.4 Å². The second-order valence-corrected chi connectivity index (χ2v) is 13.7. The van der Waals surface area contributed by atoms with E-state index in [2.05, 4.69) is 184 Å². The summed E-state index contributed by atoms with van der Waals surface area (Å²) >= 11 is 0. The van der Waals surface area contributed by atoms with Crippen LogP contribution in [0.3, 0.4) is 0 Å². The molecule has 4 heterocycles. The Morgan fingerprint density at radius 2 is 0.980 bits per heavy atom. The molecule has 8 aromatic carbocycles. The van der Waals surface area contributed by atoms with Crippen LogP contribution < -0.4 is 21.3 Å². The number of rotatable bonds is 3. The SMILES string of the molecule is c1ccc(-n2c3ccc4c5c3c3c6c(cccc6ccc32)B5c2ccccc2N4c2cccc(-n3c4ccccc4c4ccccc43)c2)cc1. The fourth-order valence-corrected chi connectivity index (χ4v) is 9.39. The van der Waals surface area contributed by atoms with E-state index in [1.807, 2.05) is 0 Å². The summed E-state index contributed by atoms with van der Waals surface area (Å²) in [6.07, 6.45) is 0. The van der Waals surface area contributed by atoms with Crippen molar-refractivity contribution in [2.24, 2.45) is 0 Å². The van der Waals surface area contributed by atoms with Crippen LogP contribution in [0.2, 0.25) is 0 Å². The molecule has 2 aliphatic heterocycles. The molecule has 2 aromatic heterocycles. The van der Waals surface area contributed by atoms with Crippen LogP contribution in [0, 0.1) is 0 Å². The number of nitrogens with zero attached hydrogens (tertiary/aromatic N) is 3. The van der Waals surface area contributed by atoms with E-state index in [1.165, 1.54) is 87.8 Å². The first-order valence-corrected chi connectivity index (χ1v) is 17.4. The van der Waals surface area contributed by atoms with Crippen LogP contribution in [-0.2, 0) is 0 Å². The third-order valence-corrected chi connectivity index (χ3v) is 11.3. The first-order chi connectivity index (χ1) is 24.8. The van der Waals surface area contributed by atoms with Gasteiger partial charge in [-0.3, -0.25) is 0 Å². The molecule has 0 aliphatic carbocycles. The molecule has 0 saturated heterocycles. The summed E-state index contributed by atoms with van der Waals surface area (Å²) in [5, 5.41) is 7.97. The predicted octanol–water partition coefficient (Wildman–Crippen LogP) is 9.65. The fraction of sp³-hybridized carbons (Fsp3) is 0. The van der Waals surface area contributed by atoms with E-state index in [9.17, 15) is 0 Å². The van der Waals surface area contributed by atoms with E-state index in [0.717, 1.165) is 11.4 Å². The average Bonchev–Trinajstić information content (AvgIpc) is 3.71. The Hall–Kier alpha value is -6.52. The van der Waals surface area contributed by atoms with Gasteiger partial charge in [0.15, 0.2) is 0 Å². The van der Waals surface area contributed by atoms with Crippen molar-refractivity contribution < 1.29 is 0 Å². The minimum Gasteiger partial charge on any atom is -0.311 e. The molecule has 0 bridgehead atoms. The number of hydrogen-bond acceptors (Lipinski definition) is 1. The van der Waals surface area contributed by atoms with Gasteiger partial charge in [-0.2, -0.15) is 0 Å². The fourth-order valence-electron chi connectivity index (χ4n) is 9.39. The molecule has 0 saturated carbocycles. The first kappa shape index (κ1) is 26.4. The van der Waals surface area contributed by atoms with Crippen molar-refractivity contribution in [1.82, 2.24) is 9.13 Å². The lowest BCUT2D eigenvalue weighted by Crippen LogP contribution is -2.58. The molecule has 0 radical (unpaired) electrons. The largest absolute Gasteiger partial charge is 0.311 e. The summed E-state index contributed by atoms with van der Waals surface area (Å²) in [6, 6.07) is 62.8. The summed E-state index contributed by atoms with van der Waals surface area (Å²) in [5.74, 6) is 0. The number of para-hydroxylation sites is 4. The van der Waals surface area contributed by atoms with Gasteiger partial charge in [-0.1, -0.05) is 109 Å². The lowest BCUT2D eigenvalue weighted by Gasteiger charge is -2.39. The van der Waals surface area contributed by atoms with Gasteiger partial charge in [-0.15, -0.1) is 0 Å². The van der Waals surface area contributed by atoms with E-state index in [0.29, 0.717) is 0 Å². The number of aromatic nitrogens is 2. The lowest BCUT2D eigenvalue weighted by molar-refractivity contribution is 1.17. The van der Waals surface area contributed by atoms with Gasteiger partial charge in [0.05, 0.1) is 22.1 Å². The van der Waals surface area contributed by atoms with Crippen molar-refractivity contribution in [2.45, 2.75) is 0 Å². The minimum atomic E-state index is 0.134. The summed E-state index contributed by atoms with van der Waals surface area (Å²) in [6.45, 7) is 0.134. The van der Waals surface area contributed by atoms with Crippen molar-refractivity contribution in [3.63, 3.8) is 0 Å². The average molecular weight is 634 g/mol. The summed E-state index contributed by atoms with van der Waals surface area (Å²) in [7, 11) is 0. The number of fused-ring (bicyclic) bond motifs is 6. The van der Waals surface area contributed by atoms with E-state index >= 15 is 0 Å². The molecule has 10 aromatic rings. The highest BCUT2D eigenvalue weighted by Crippen LogP contribution is 2.45. The minimum absolute atomic E-state index is 0.134. The van der Waals surface area contributed by atoms with E-state index in [4.69, 9.17) is 0 Å². The van der Waals surface area contributed by atoms with Crippen molar-refractivity contribution in [2.75, 3.05) is 4.90 Å². The maximum absolute atomic E-state index is 2.51. The normalized spacial score (nSPS) is 13.1. The lowest BCUT2D eigenvalue weighted by atomic mass is 9.33. The molecule has 12 rings (SSSR count). The quantitative estimate of drug-likeness (QED) is 0.177. The van der Waals surface area contributed by atoms with Crippen molar-refractivity contribution in [1.29, 1.82) is 0 Å². The molecule has 0 spiro atoms. The molecule has 0 amide bonds. The zero-order chi connectivity index (χ0) is 32.5. The molecule has 4 heteroatoms. The monoisotopic (exact) mass is 633 g/mol. The van der Waals surface area contributed by atoms with Crippen LogP contribution in [0.15, 0.2) is 170 Å². The van der Waals surface area contributed by atoms with Gasteiger partial charge in [0.1, 0.15) is 0 Å². The van der Waals surface area contributed by atoms with E-state index in [1.54, 1.807) is 0 Å². The topological polar surface area (TPSA) is 13.1 Å². The highest BCUT2D eigenvalue weighted by atomic mass is 15.2. The second-order valence-electron chi connectivity index (χ2n) is 13.7. The smallest absolute Gasteiger partial charge is 0.248 e. The Morgan fingerprint density at radius 3 is 1.82 bits per heavy atom. The van der Waals surface area contributed by atoms with Gasteiger partial charge in [0, 0.05) is 50.0 Å². The Bertz CT molecular complexity index is 3010. The summed E-state index contributed by atoms with van der Waals surface area (Å²) in [4.78, 5) is 2.51. The zero-order valence-electron chi connectivity index (χ0n) is 27.1. The number of hydrogen-bond donors (Lipinski definition) is 0. The Labute approximate surface area is 288 Å². The zero-order valence-corrected chi connectivity index (χ0v) is 27.1. The molecular formula is C46H28BN3. The van der Waals surface area contributed by atoms with Crippen LogP contribution in [0.1, 0.15) is 0 Å². The highest BCUT2D eigenvalue weighted by Gasteiger charge is 2.41. The van der Waals surface area contributed by atoms with E-state index in [-0.39, 0.29) is 6.71 Å². The molecule has 0 unspecified atom stereocenters. The highest BCUT2D eigenvalue weighted by molar-refractivity contribution is 7.02. The van der Waals surface area contributed by atoms with Crippen molar-refractivity contribution in [3.05, 3.63) is 170 Å². The third-order valence-electron chi connectivity index (χ3n) is 11.3. The van der Waals surface area contributed by atoms with Crippen LogP contribution >= 0.6 is 0 Å². The second kappa shape index (κ2) is 9.55. The Kier molecular flexibility index (Phi) is 5.05. The number of anilines is 3. The molecule has 50 heavy (non-hydrogen) atoms. The maximum atomic E-state index is 2.51. The molecule has 3 nitrogen and oxygen atoms in total. The van der Waals surface area contributed by atoms with Gasteiger partial charge in [-0.25, -0.2) is 0 Å². The van der Waals surface area contributed by atoms with Gasteiger partial charge < -0.3 is 14.0 Å². The Morgan fingerprint density at radius 1 is 0.360 bits per heavy atom. The van der Waals surface area contributed by atoms with Crippen LogP contribution in [0.25, 0.3) is 65.8 Å². The van der Waals surface area contributed by atoms with E-state index < -0.39 is 0 Å². The van der Waals surface area contributed by atoms with Crippen LogP contribution in [0.5, 0.6) is 0 Å². The third kappa shape index (κ3) is 3.26. The van der Waals surface area contributed by atoms with Gasteiger partial charge >= 0.3 is 0 Å². The predicted molar refractivity (Wildman–Crippen MR) is 212 cm³/mol. The Balaban J connectivity index is 1.18. The van der Waals surface area contributed by atoms with Gasteiger partial charge in [0.25, 0.3) is 0 Å². The molecular weight excluding hydrogens is 605 g/mol. The van der Waals surface area contributed by atoms with Gasteiger partial charge in [-0.05, 0) is 88.4 Å². The molecule has 0 atom stereocenters. The molecule has 0 N–H and O–H groups in total.